The summed E-state index contributed by atoms with van der Waals surface area (Å²) in [5.41, 5.74) is 6.03. The molecule has 0 aromatic heterocycles. The molecule has 0 aromatic rings. The molecule has 0 bridgehead atoms. The van der Waals surface area contributed by atoms with Crippen LogP contribution in [0.25, 0.3) is 0 Å². The summed E-state index contributed by atoms with van der Waals surface area (Å²) in [6.45, 7) is 5.83. The second-order valence-electron chi connectivity index (χ2n) is 5.10. The molecule has 1 heterocycles. The van der Waals surface area contributed by atoms with Gasteiger partial charge in [0.15, 0.2) is 0 Å². The highest BCUT2D eigenvalue weighted by atomic mass is 16.6. The Labute approximate surface area is 100.0 Å². The van der Waals surface area contributed by atoms with Crippen LogP contribution in [-0.2, 0) is 4.74 Å². The Hall–Kier alpha value is -1.46. The van der Waals surface area contributed by atoms with Crippen molar-refractivity contribution >= 4 is 6.09 Å². The maximum Gasteiger partial charge on any atom is 0.410 e. The molecule has 1 aliphatic heterocycles. The molecular weight excluding hydrogens is 224 g/mol. The Balaban J connectivity index is 2.66. The maximum atomic E-state index is 11.9. The van der Waals surface area contributed by atoms with E-state index >= 15 is 0 Å². The van der Waals surface area contributed by atoms with Gasteiger partial charge in [-0.2, -0.15) is 0 Å². The molecule has 0 unspecified atom stereocenters. The minimum Gasteiger partial charge on any atom is -0.444 e. The van der Waals surface area contributed by atoms with Crippen LogP contribution in [0.4, 0.5) is 4.79 Å². The smallest absolute Gasteiger partial charge is 0.410 e. The SMILES string of the molecule is CC(C)(C)OC(=O)N1C[C@H](O)C[C@H]1CN=[N+]=N. The number of nitrogens with one attached hydrogen (secondary N) is 1. The van der Waals surface area contributed by atoms with Crippen LogP contribution in [0, 0.1) is 5.53 Å². The number of carbonyl (C=O) groups is 1. The highest BCUT2D eigenvalue weighted by Crippen LogP contribution is 2.21. The van der Waals surface area contributed by atoms with Crippen molar-refractivity contribution in [3.05, 3.63) is 0 Å². The summed E-state index contributed by atoms with van der Waals surface area (Å²) in [6.07, 6.45) is -0.578. The molecule has 96 valence electrons. The fraction of sp³-hybridized carbons (Fsp3) is 0.900. The van der Waals surface area contributed by atoms with E-state index in [0.29, 0.717) is 6.42 Å². The Bertz CT molecular complexity index is 333. The van der Waals surface area contributed by atoms with E-state index in [9.17, 15) is 9.90 Å². The molecule has 1 rings (SSSR count). The van der Waals surface area contributed by atoms with Crippen molar-refractivity contribution < 1.29 is 14.6 Å². The van der Waals surface area contributed by atoms with Crippen molar-refractivity contribution in [1.82, 2.24) is 9.81 Å². The number of hydrogen-bond acceptors (Lipinski definition) is 5. The average molecular weight is 243 g/mol. The normalized spacial score (nSPS) is 24.4. The minimum atomic E-state index is -0.563. The first-order valence-electron chi connectivity index (χ1n) is 5.54. The first-order valence-corrected chi connectivity index (χ1v) is 5.54. The third-order valence-corrected chi connectivity index (χ3v) is 2.38. The van der Waals surface area contributed by atoms with E-state index in [1.807, 2.05) is 0 Å². The largest absolute Gasteiger partial charge is 0.444 e. The second kappa shape index (κ2) is 5.25. The van der Waals surface area contributed by atoms with E-state index in [1.165, 1.54) is 4.90 Å². The fourth-order valence-electron chi connectivity index (χ4n) is 1.74. The molecule has 0 spiro atoms. The van der Waals surface area contributed by atoms with Crippen molar-refractivity contribution in [2.45, 2.75) is 44.9 Å². The number of nitrogens with zero attached hydrogens (tertiary/aromatic N) is 3. The van der Waals surface area contributed by atoms with Gasteiger partial charge in [0.1, 0.15) is 22.8 Å². The lowest BCUT2D eigenvalue weighted by Gasteiger charge is -2.26. The van der Waals surface area contributed by atoms with Crippen molar-refractivity contribution in [1.29, 1.82) is 5.53 Å². The molecule has 0 radical (unpaired) electrons. The third kappa shape index (κ3) is 4.13. The first kappa shape index (κ1) is 13.6. The van der Waals surface area contributed by atoms with Crippen molar-refractivity contribution in [3.63, 3.8) is 0 Å². The Morgan fingerprint density at radius 1 is 1.65 bits per heavy atom. The van der Waals surface area contributed by atoms with E-state index in [-0.39, 0.29) is 19.1 Å². The molecule has 17 heavy (non-hydrogen) atoms. The van der Waals surface area contributed by atoms with Crippen LogP contribution >= 0.6 is 0 Å². The van der Waals surface area contributed by atoms with Crippen LogP contribution in [0.3, 0.4) is 0 Å². The van der Waals surface area contributed by atoms with Gasteiger partial charge >= 0.3 is 6.09 Å². The van der Waals surface area contributed by atoms with Crippen LogP contribution in [0.5, 0.6) is 0 Å². The Morgan fingerprint density at radius 2 is 2.29 bits per heavy atom. The molecule has 0 aliphatic carbocycles. The predicted molar refractivity (Wildman–Crippen MR) is 59.5 cm³/mol. The summed E-state index contributed by atoms with van der Waals surface area (Å²) in [5.74, 6) is 0. The Morgan fingerprint density at radius 3 is 2.82 bits per heavy atom. The summed E-state index contributed by atoms with van der Waals surface area (Å²) in [7, 11) is 0. The van der Waals surface area contributed by atoms with Gasteiger partial charge in [-0.15, -0.1) is 0 Å². The molecule has 2 N–H and O–H groups in total. The van der Waals surface area contributed by atoms with Crippen molar-refractivity contribution in [3.8, 4) is 0 Å². The Kier molecular flexibility index (Phi) is 4.20. The van der Waals surface area contributed by atoms with Crippen LogP contribution in [0.2, 0.25) is 0 Å². The zero-order valence-electron chi connectivity index (χ0n) is 10.4. The summed E-state index contributed by atoms with van der Waals surface area (Å²) in [6, 6.07) is -0.242. The number of amides is 1. The van der Waals surface area contributed by atoms with Crippen LogP contribution in [-0.4, -0.2) is 46.9 Å². The number of ether oxygens (including phenoxy) is 1. The molecule has 1 amide bonds. The van der Waals surface area contributed by atoms with Gasteiger partial charge in [0.05, 0.1) is 18.7 Å². The van der Waals surface area contributed by atoms with Crippen LogP contribution < -0.4 is 4.91 Å². The monoisotopic (exact) mass is 243 g/mol. The van der Waals surface area contributed by atoms with Crippen LogP contribution in [0.15, 0.2) is 5.11 Å². The second-order valence-corrected chi connectivity index (χ2v) is 5.10. The fourth-order valence-corrected chi connectivity index (χ4v) is 1.74. The number of aliphatic hydroxyl groups excluding tert-OH is 1. The molecule has 0 aromatic carbocycles. The number of likely N-dealkylation sites (tertiary alicyclic amines) is 1. The highest BCUT2D eigenvalue weighted by Gasteiger charge is 2.37. The van der Waals surface area contributed by atoms with Crippen LogP contribution in [0.1, 0.15) is 27.2 Å². The lowest BCUT2D eigenvalue weighted by atomic mass is 10.2. The molecule has 7 heteroatoms. The number of aliphatic hydroxyl groups is 1. The molecule has 1 aliphatic rings. The quantitative estimate of drug-likeness (QED) is 0.556. The lowest BCUT2D eigenvalue weighted by Crippen LogP contribution is -2.41. The zero-order valence-corrected chi connectivity index (χ0v) is 10.4. The van der Waals surface area contributed by atoms with Gasteiger partial charge in [-0.3, -0.25) is 0 Å². The van der Waals surface area contributed by atoms with E-state index in [1.54, 1.807) is 20.8 Å². The summed E-state index contributed by atoms with van der Waals surface area (Å²) >= 11 is 0. The van der Waals surface area contributed by atoms with Gasteiger partial charge in [0.2, 0.25) is 4.91 Å². The van der Waals surface area contributed by atoms with E-state index < -0.39 is 17.8 Å². The minimum absolute atomic E-state index is 0.222. The standard InChI is InChI=1S/C10H19N4O3/c1-10(2,3)17-9(16)14-6-8(15)4-7(14)5-12-13-11/h7-8,11,15H,4-6H2,1-3H3/q+1/t7-,8+/m0/s1. The van der Waals surface area contributed by atoms with E-state index in [0.717, 1.165) is 0 Å². The van der Waals surface area contributed by atoms with Crippen molar-refractivity contribution in [2.24, 2.45) is 5.11 Å². The molecule has 0 saturated carbocycles. The summed E-state index contributed by atoms with van der Waals surface area (Å²) in [5, 5.41) is 13.1. The van der Waals surface area contributed by atoms with Gasteiger partial charge < -0.3 is 14.7 Å². The topological polar surface area (TPSA) is 100 Å². The van der Waals surface area contributed by atoms with Gasteiger partial charge in [-0.1, -0.05) is 0 Å². The highest BCUT2D eigenvalue weighted by molar-refractivity contribution is 5.69. The van der Waals surface area contributed by atoms with E-state index in [2.05, 4.69) is 10.0 Å². The molecule has 1 fully saturated rings. The van der Waals surface area contributed by atoms with Gasteiger partial charge in [-0.05, 0) is 27.2 Å². The number of rotatable bonds is 2. The molecule has 1 saturated heterocycles. The summed E-state index contributed by atoms with van der Waals surface area (Å²) < 4.78 is 5.24. The van der Waals surface area contributed by atoms with Gasteiger partial charge in [-0.25, -0.2) is 4.79 Å². The third-order valence-electron chi connectivity index (χ3n) is 2.38. The molecule has 7 nitrogen and oxygen atoms in total. The maximum absolute atomic E-state index is 11.9. The van der Waals surface area contributed by atoms with E-state index in [4.69, 9.17) is 10.3 Å². The zero-order chi connectivity index (χ0) is 13.1. The first-order chi connectivity index (χ1) is 7.83. The molecular formula is C10H19N4O3+. The number of β-amino-alcohol motifs (C(OH)–C–C–N with tert-alkyl or cyclic N) is 1. The van der Waals surface area contributed by atoms with Gasteiger partial charge in [0, 0.05) is 0 Å². The average Bonchev–Trinajstić information content (AvgIpc) is 2.54. The number of hydrogen-bond donors (Lipinski definition) is 2. The van der Waals surface area contributed by atoms with Gasteiger partial charge in [0.25, 0.3) is 0 Å². The summed E-state index contributed by atoms with van der Waals surface area (Å²) in [4.78, 5) is 16.2. The predicted octanol–water partition coefficient (Wildman–Crippen LogP) is 0.907. The lowest BCUT2D eigenvalue weighted by molar-refractivity contribution is 0.0213. The molecule has 2 atom stereocenters. The van der Waals surface area contributed by atoms with Crippen molar-refractivity contribution in [2.75, 3.05) is 13.1 Å². The number of carbonyl (C=O) groups excluding carboxylic acids is 1.